The first-order valence-corrected chi connectivity index (χ1v) is 15.9. The second-order valence-corrected chi connectivity index (χ2v) is 13.5. The summed E-state index contributed by atoms with van der Waals surface area (Å²) in [6, 6.07) is 16.1. The Hall–Kier alpha value is -3.04. The van der Waals surface area contributed by atoms with Gasteiger partial charge in [0.1, 0.15) is 23.0 Å². The summed E-state index contributed by atoms with van der Waals surface area (Å²) < 4.78 is 11.3. The van der Waals surface area contributed by atoms with E-state index in [0.717, 1.165) is 24.2 Å². The molecule has 0 heterocycles. The number of nitrogens with one attached hydrogen (secondary N) is 2. The fraction of sp³-hybridized carbons (Fsp3) is 0.545. The van der Waals surface area contributed by atoms with Crippen molar-refractivity contribution in [2.75, 3.05) is 25.6 Å². The highest BCUT2D eigenvalue weighted by Crippen LogP contribution is 2.19. The molecule has 2 aromatic rings. The van der Waals surface area contributed by atoms with Gasteiger partial charge in [0.2, 0.25) is 11.8 Å². The van der Waals surface area contributed by atoms with Gasteiger partial charge in [-0.05, 0) is 110 Å². The van der Waals surface area contributed by atoms with Crippen LogP contribution in [-0.2, 0) is 27.2 Å². The van der Waals surface area contributed by atoms with Crippen LogP contribution in [0.2, 0.25) is 0 Å². The molecule has 2 aromatic carbocycles. The van der Waals surface area contributed by atoms with Gasteiger partial charge in [-0.2, -0.15) is 11.8 Å². The summed E-state index contributed by atoms with van der Waals surface area (Å²) in [4.78, 5) is 41.6. The normalized spacial score (nSPS) is 13.3. The molecule has 9 heteroatoms. The molecular formula is C33H49N3O5S. The molecule has 3 amide bonds. The molecule has 0 bridgehead atoms. The highest BCUT2D eigenvalue weighted by Gasteiger charge is 2.30. The van der Waals surface area contributed by atoms with E-state index in [1.54, 1.807) is 32.5 Å². The molecule has 0 aliphatic carbocycles. The predicted molar refractivity (Wildman–Crippen MR) is 171 cm³/mol. The lowest BCUT2D eigenvalue weighted by atomic mass is 10.0. The molecule has 2 rings (SSSR count). The zero-order valence-electron chi connectivity index (χ0n) is 26.5. The number of carbonyl (C=O) groups excluding carboxylic acids is 3. The molecule has 42 heavy (non-hydrogen) atoms. The van der Waals surface area contributed by atoms with E-state index in [4.69, 9.17) is 9.47 Å². The molecular weight excluding hydrogens is 550 g/mol. The van der Waals surface area contributed by atoms with Crippen molar-refractivity contribution in [3.8, 4) is 5.75 Å². The Morgan fingerprint density at radius 3 is 2.10 bits per heavy atom. The second-order valence-electron chi connectivity index (χ2n) is 12.5. The lowest BCUT2D eigenvalue weighted by Crippen LogP contribution is -2.54. The third-order valence-corrected chi connectivity index (χ3v) is 6.93. The van der Waals surface area contributed by atoms with Crippen LogP contribution in [0, 0.1) is 0 Å². The van der Waals surface area contributed by atoms with Crippen LogP contribution >= 0.6 is 11.8 Å². The van der Waals surface area contributed by atoms with Crippen LogP contribution in [0.5, 0.6) is 5.75 Å². The van der Waals surface area contributed by atoms with Crippen LogP contribution in [0.4, 0.5) is 4.79 Å². The Morgan fingerprint density at radius 1 is 0.881 bits per heavy atom. The molecule has 0 aliphatic rings. The zero-order valence-corrected chi connectivity index (χ0v) is 27.3. The summed E-state index contributed by atoms with van der Waals surface area (Å²) in [5.74, 6) is 0.529. The molecule has 0 aromatic heterocycles. The number of rotatable bonds is 14. The van der Waals surface area contributed by atoms with Gasteiger partial charge in [0.25, 0.3) is 0 Å². The Morgan fingerprint density at radius 2 is 1.52 bits per heavy atom. The first-order chi connectivity index (χ1) is 19.7. The van der Waals surface area contributed by atoms with E-state index in [1.807, 2.05) is 81.4 Å². The van der Waals surface area contributed by atoms with E-state index >= 15 is 0 Å². The highest BCUT2D eigenvalue weighted by molar-refractivity contribution is 7.98. The number of hydrogen-bond acceptors (Lipinski definition) is 7. The van der Waals surface area contributed by atoms with Crippen LogP contribution in [0.1, 0.15) is 65.5 Å². The molecule has 0 spiro atoms. The number of ether oxygens (including phenoxy) is 2. The van der Waals surface area contributed by atoms with Gasteiger partial charge in [-0.15, -0.1) is 0 Å². The number of benzene rings is 2. The smallest absolute Gasteiger partial charge is 0.408 e. The summed E-state index contributed by atoms with van der Waals surface area (Å²) in [5.41, 5.74) is 0.972. The molecule has 0 fully saturated rings. The Bertz CT molecular complexity index is 1130. The van der Waals surface area contributed by atoms with E-state index in [-0.39, 0.29) is 17.9 Å². The molecule has 0 saturated carbocycles. The monoisotopic (exact) mass is 599 g/mol. The Balaban J connectivity index is 2.13. The number of carbonyl (C=O) groups is 3. The van der Waals surface area contributed by atoms with Gasteiger partial charge in [-0.3, -0.25) is 19.8 Å². The quantitative estimate of drug-likeness (QED) is 0.291. The van der Waals surface area contributed by atoms with Crippen LogP contribution in [0.15, 0.2) is 54.6 Å². The number of imide groups is 1. The van der Waals surface area contributed by atoms with Gasteiger partial charge in [0.15, 0.2) is 0 Å². The number of hydrogen-bond donors (Lipinski definition) is 2. The van der Waals surface area contributed by atoms with Gasteiger partial charge in [-0.25, -0.2) is 4.79 Å². The third kappa shape index (κ3) is 13.7. The van der Waals surface area contributed by atoms with Gasteiger partial charge < -0.3 is 14.8 Å². The number of aryl methyl sites for hydroxylation is 1. The van der Waals surface area contributed by atoms with Crippen LogP contribution in [0.25, 0.3) is 0 Å². The highest BCUT2D eigenvalue weighted by atomic mass is 32.2. The Kier molecular flexibility index (Phi) is 13.9. The largest absolute Gasteiger partial charge is 0.488 e. The number of alkyl carbamates (subject to hydrolysis) is 1. The number of amides is 3. The molecule has 0 unspecified atom stereocenters. The Labute approximate surface area is 256 Å². The summed E-state index contributed by atoms with van der Waals surface area (Å²) >= 11 is 1.66. The van der Waals surface area contributed by atoms with E-state index in [1.165, 1.54) is 5.56 Å². The van der Waals surface area contributed by atoms with Crippen LogP contribution in [-0.4, -0.2) is 71.7 Å². The number of thioether (sulfide) groups is 1. The molecule has 2 N–H and O–H groups in total. The van der Waals surface area contributed by atoms with Gasteiger partial charge in [-0.1, -0.05) is 42.5 Å². The van der Waals surface area contributed by atoms with Crippen molar-refractivity contribution in [2.45, 2.75) is 90.5 Å². The summed E-state index contributed by atoms with van der Waals surface area (Å²) in [7, 11) is 1.91. The average molecular weight is 600 g/mol. The molecule has 0 saturated heterocycles. The van der Waals surface area contributed by atoms with Crippen LogP contribution in [0.3, 0.4) is 0 Å². The third-order valence-electron chi connectivity index (χ3n) is 6.29. The van der Waals surface area contributed by atoms with Crippen molar-refractivity contribution < 1.29 is 23.9 Å². The summed E-state index contributed by atoms with van der Waals surface area (Å²) in [5, 5.41) is 5.25. The lowest BCUT2D eigenvalue weighted by Gasteiger charge is -2.28. The van der Waals surface area contributed by atoms with Gasteiger partial charge in [0.05, 0.1) is 6.04 Å². The van der Waals surface area contributed by atoms with E-state index in [2.05, 4.69) is 22.8 Å². The summed E-state index contributed by atoms with van der Waals surface area (Å²) in [6.45, 7) is 11.9. The van der Waals surface area contributed by atoms with Crippen LogP contribution < -0.4 is 15.4 Å². The van der Waals surface area contributed by atoms with E-state index < -0.39 is 29.7 Å². The van der Waals surface area contributed by atoms with E-state index in [0.29, 0.717) is 18.7 Å². The number of nitrogens with zero attached hydrogens (tertiary/aromatic N) is 1. The van der Waals surface area contributed by atoms with Crippen molar-refractivity contribution in [2.24, 2.45) is 0 Å². The summed E-state index contributed by atoms with van der Waals surface area (Å²) in [6.07, 6.45) is 3.84. The minimum atomic E-state index is -1.01. The van der Waals surface area contributed by atoms with Crippen molar-refractivity contribution in [1.82, 2.24) is 15.5 Å². The zero-order chi connectivity index (χ0) is 31.3. The van der Waals surface area contributed by atoms with Crippen molar-refractivity contribution in [3.05, 3.63) is 65.7 Å². The fourth-order valence-corrected chi connectivity index (χ4v) is 4.81. The van der Waals surface area contributed by atoms with Gasteiger partial charge in [0, 0.05) is 6.42 Å². The van der Waals surface area contributed by atoms with Crippen molar-refractivity contribution in [3.63, 3.8) is 0 Å². The topological polar surface area (TPSA) is 97.0 Å². The predicted octanol–water partition coefficient (Wildman–Crippen LogP) is 5.63. The molecule has 8 nitrogen and oxygen atoms in total. The van der Waals surface area contributed by atoms with Crippen molar-refractivity contribution >= 4 is 29.7 Å². The average Bonchev–Trinajstić information content (AvgIpc) is 2.88. The first-order valence-electron chi connectivity index (χ1n) is 14.5. The molecule has 2 atom stereocenters. The fourth-order valence-electron chi connectivity index (χ4n) is 4.35. The standard InChI is InChI=1S/C33H49N3O5S/c1-32(2,3)40-26-18-16-25(17-19-26)23-27(34-31(39)41-33(4,5)6)29(37)35-30(38)28(20-22-42-8)36(7)21-12-15-24-13-10-9-11-14-24/h9-11,13-14,16-19,27-28H,12,15,20-23H2,1-8H3,(H,34,39)(H,35,37,38)/t27-,28+/m0/s1. The molecule has 0 radical (unpaired) electrons. The maximum atomic E-state index is 13.5. The first kappa shape index (κ1) is 35.2. The second kappa shape index (κ2) is 16.6. The maximum Gasteiger partial charge on any atom is 0.408 e. The lowest BCUT2D eigenvalue weighted by molar-refractivity contribution is -0.134. The minimum Gasteiger partial charge on any atom is -0.488 e. The minimum absolute atomic E-state index is 0.177. The molecule has 0 aliphatic heterocycles. The maximum absolute atomic E-state index is 13.5. The van der Waals surface area contributed by atoms with Crippen molar-refractivity contribution in [1.29, 1.82) is 0 Å². The SMILES string of the molecule is CSCC[C@H](C(=O)NC(=O)[C@H](Cc1ccc(OC(C)(C)C)cc1)NC(=O)OC(C)(C)C)N(C)CCCc1ccccc1. The van der Waals surface area contributed by atoms with Gasteiger partial charge >= 0.3 is 6.09 Å². The van der Waals surface area contributed by atoms with E-state index in [9.17, 15) is 14.4 Å². The molecule has 232 valence electrons. The number of likely N-dealkylation sites (N-methyl/N-ethyl adjacent to an activating group) is 1.